The minimum absolute atomic E-state index is 0.0346. The molecule has 1 aromatic carbocycles. The number of aromatic amines is 1. The number of halogens is 1. The highest BCUT2D eigenvalue weighted by Gasteiger charge is 2.24. The van der Waals surface area contributed by atoms with Crippen LogP contribution < -0.4 is 11.2 Å². The van der Waals surface area contributed by atoms with Gasteiger partial charge in [-0.3, -0.25) is 19.1 Å². The molecule has 1 N–H and O–H groups in total. The third kappa shape index (κ3) is 3.17. The molecule has 0 bridgehead atoms. The predicted molar refractivity (Wildman–Crippen MR) is 90.7 cm³/mol. The van der Waals surface area contributed by atoms with E-state index in [-0.39, 0.29) is 39.9 Å². The molecule has 0 amide bonds. The normalized spacial score (nSPS) is 10.7. The van der Waals surface area contributed by atoms with Gasteiger partial charge in [-0.1, -0.05) is 25.4 Å². The Morgan fingerprint density at radius 3 is 2.54 bits per heavy atom. The van der Waals surface area contributed by atoms with Crippen molar-refractivity contribution in [3.8, 4) is 6.07 Å². The fourth-order valence-corrected chi connectivity index (χ4v) is 2.83. The molecule has 0 aliphatic heterocycles. The molecule has 24 heavy (non-hydrogen) atoms. The van der Waals surface area contributed by atoms with Gasteiger partial charge in [-0.25, -0.2) is 4.79 Å². The van der Waals surface area contributed by atoms with Crippen LogP contribution in [0, 0.1) is 11.3 Å². The maximum atomic E-state index is 13.0. The lowest BCUT2D eigenvalue weighted by Gasteiger charge is -2.16. The Labute approximate surface area is 143 Å². The number of ketones is 1. The second-order valence-electron chi connectivity index (χ2n) is 5.59. The van der Waals surface area contributed by atoms with Crippen molar-refractivity contribution < 1.29 is 4.79 Å². The Morgan fingerprint density at radius 2 is 2.00 bits per heavy atom. The summed E-state index contributed by atoms with van der Waals surface area (Å²) in [6.45, 7) is 5.47. The minimum atomic E-state index is -0.641. The molecule has 0 radical (unpaired) electrons. The van der Waals surface area contributed by atoms with Gasteiger partial charge in [0.25, 0.3) is 5.56 Å². The van der Waals surface area contributed by atoms with Crippen molar-refractivity contribution in [1.82, 2.24) is 9.55 Å². The highest BCUT2D eigenvalue weighted by molar-refractivity contribution is 6.31. The summed E-state index contributed by atoms with van der Waals surface area (Å²) in [4.78, 5) is 39.5. The molecule has 1 heterocycles. The fourth-order valence-electron chi connectivity index (χ4n) is 2.59. The van der Waals surface area contributed by atoms with Crippen molar-refractivity contribution in [2.75, 3.05) is 0 Å². The first-order valence-electron chi connectivity index (χ1n) is 7.42. The SMILES string of the molecule is CCn1c(C(=O)c2cc(Cl)cc(C#N)c2)c(C(C)C)c(=O)[nH]c1=O. The molecule has 2 aromatic rings. The molecule has 7 heteroatoms. The van der Waals surface area contributed by atoms with Crippen molar-refractivity contribution in [1.29, 1.82) is 5.26 Å². The van der Waals surface area contributed by atoms with Crippen LogP contribution in [0.4, 0.5) is 0 Å². The van der Waals surface area contributed by atoms with Gasteiger partial charge in [0.1, 0.15) is 5.69 Å². The summed E-state index contributed by atoms with van der Waals surface area (Å²) in [6.07, 6.45) is 0. The predicted octanol–water partition coefficient (Wildman–Crippen LogP) is 2.44. The first-order chi connectivity index (χ1) is 11.3. The third-order valence-corrected chi connectivity index (χ3v) is 3.85. The van der Waals surface area contributed by atoms with E-state index >= 15 is 0 Å². The molecular formula is C17H16ClN3O3. The fraction of sp³-hybridized carbons (Fsp3) is 0.294. The number of nitrogens with one attached hydrogen (secondary N) is 1. The van der Waals surface area contributed by atoms with E-state index in [1.54, 1.807) is 20.8 Å². The van der Waals surface area contributed by atoms with Crippen molar-refractivity contribution in [3.05, 3.63) is 66.4 Å². The Bertz CT molecular complexity index is 965. The average molecular weight is 346 g/mol. The number of nitriles is 1. The number of benzene rings is 1. The number of carbonyl (C=O) groups is 1. The van der Waals surface area contributed by atoms with Crippen LogP contribution >= 0.6 is 11.6 Å². The molecular weight excluding hydrogens is 330 g/mol. The van der Waals surface area contributed by atoms with Crippen LogP contribution in [-0.2, 0) is 6.54 Å². The third-order valence-electron chi connectivity index (χ3n) is 3.63. The number of carbonyl (C=O) groups excluding carboxylic acids is 1. The van der Waals surface area contributed by atoms with Gasteiger partial charge < -0.3 is 0 Å². The summed E-state index contributed by atoms with van der Waals surface area (Å²) in [6, 6.07) is 6.18. The highest BCUT2D eigenvalue weighted by atomic mass is 35.5. The van der Waals surface area contributed by atoms with E-state index < -0.39 is 17.0 Å². The number of aromatic nitrogens is 2. The standard InChI is InChI=1S/C17H16ClN3O3/c1-4-21-14(13(9(2)3)16(23)20-17(21)24)15(22)11-5-10(8-19)6-12(18)7-11/h5-7,9H,4H2,1-3H3,(H,20,23,24). The van der Waals surface area contributed by atoms with E-state index in [9.17, 15) is 14.4 Å². The second kappa shape index (κ2) is 6.85. The summed E-state index contributed by atoms with van der Waals surface area (Å²) in [7, 11) is 0. The van der Waals surface area contributed by atoms with Crippen LogP contribution in [0.3, 0.4) is 0 Å². The van der Waals surface area contributed by atoms with Crippen molar-refractivity contribution in [3.63, 3.8) is 0 Å². The van der Waals surface area contributed by atoms with Crippen molar-refractivity contribution in [2.24, 2.45) is 0 Å². The van der Waals surface area contributed by atoms with E-state index in [1.165, 1.54) is 22.8 Å². The molecule has 0 fully saturated rings. The van der Waals surface area contributed by atoms with Crippen LogP contribution in [0.25, 0.3) is 0 Å². The minimum Gasteiger partial charge on any atom is -0.290 e. The van der Waals surface area contributed by atoms with Crippen molar-refractivity contribution >= 4 is 17.4 Å². The second-order valence-corrected chi connectivity index (χ2v) is 6.03. The Morgan fingerprint density at radius 1 is 1.33 bits per heavy atom. The van der Waals surface area contributed by atoms with Gasteiger partial charge in [-0.05, 0) is 31.0 Å². The van der Waals surface area contributed by atoms with Gasteiger partial charge in [-0.15, -0.1) is 0 Å². The van der Waals surface area contributed by atoms with Crippen molar-refractivity contribution in [2.45, 2.75) is 33.2 Å². The zero-order valence-electron chi connectivity index (χ0n) is 13.5. The molecule has 0 atom stereocenters. The van der Waals surface area contributed by atoms with Crippen LogP contribution in [0.1, 0.15) is 53.9 Å². The number of hydrogen-bond acceptors (Lipinski definition) is 4. The highest BCUT2D eigenvalue weighted by Crippen LogP contribution is 2.21. The number of H-pyrrole nitrogens is 1. The van der Waals surface area contributed by atoms with E-state index in [4.69, 9.17) is 16.9 Å². The van der Waals surface area contributed by atoms with Crippen LogP contribution in [-0.4, -0.2) is 15.3 Å². The molecule has 1 aromatic heterocycles. The first-order valence-corrected chi connectivity index (χ1v) is 7.80. The average Bonchev–Trinajstić information content (AvgIpc) is 2.52. The largest absolute Gasteiger partial charge is 0.328 e. The number of nitrogens with zero attached hydrogens (tertiary/aromatic N) is 2. The number of hydrogen-bond donors (Lipinski definition) is 1. The van der Waals surface area contributed by atoms with E-state index in [0.717, 1.165) is 0 Å². The van der Waals surface area contributed by atoms with E-state index in [2.05, 4.69) is 4.98 Å². The Hall–Kier alpha value is -2.65. The van der Waals surface area contributed by atoms with Gasteiger partial charge in [0.05, 0.1) is 11.6 Å². The molecule has 0 saturated carbocycles. The van der Waals surface area contributed by atoms with Gasteiger partial charge in [0.15, 0.2) is 0 Å². The summed E-state index contributed by atoms with van der Waals surface area (Å²) >= 11 is 5.96. The molecule has 0 aliphatic rings. The van der Waals surface area contributed by atoms with Crippen LogP contribution in [0.5, 0.6) is 0 Å². The summed E-state index contributed by atoms with van der Waals surface area (Å²) in [5.41, 5.74) is -0.559. The monoisotopic (exact) mass is 345 g/mol. The zero-order valence-corrected chi connectivity index (χ0v) is 14.3. The Kier molecular flexibility index (Phi) is 5.05. The van der Waals surface area contributed by atoms with Gasteiger partial charge in [0, 0.05) is 22.7 Å². The van der Waals surface area contributed by atoms with Gasteiger partial charge in [-0.2, -0.15) is 5.26 Å². The topological polar surface area (TPSA) is 95.7 Å². The lowest BCUT2D eigenvalue weighted by Crippen LogP contribution is -2.37. The smallest absolute Gasteiger partial charge is 0.290 e. The number of rotatable bonds is 4. The van der Waals surface area contributed by atoms with Crippen LogP contribution in [0.2, 0.25) is 5.02 Å². The zero-order chi connectivity index (χ0) is 18.0. The molecule has 0 spiro atoms. The Balaban J connectivity index is 2.83. The quantitative estimate of drug-likeness (QED) is 0.861. The molecule has 2 rings (SSSR count). The molecule has 0 saturated heterocycles. The molecule has 0 aliphatic carbocycles. The van der Waals surface area contributed by atoms with Crippen LogP contribution in [0.15, 0.2) is 27.8 Å². The maximum Gasteiger partial charge on any atom is 0.328 e. The lowest BCUT2D eigenvalue weighted by atomic mass is 9.96. The van der Waals surface area contributed by atoms with E-state index in [0.29, 0.717) is 0 Å². The maximum absolute atomic E-state index is 13.0. The molecule has 124 valence electrons. The summed E-state index contributed by atoms with van der Waals surface area (Å²) < 4.78 is 1.23. The van der Waals surface area contributed by atoms with Gasteiger partial charge in [0.2, 0.25) is 5.78 Å². The summed E-state index contributed by atoms with van der Waals surface area (Å²) in [5, 5.41) is 9.28. The molecule has 6 nitrogen and oxygen atoms in total. The molecule has 0 unspecified atom stereocenters. The first kappa shape index (κ1) is 17.7. The summed E-state index contributed by atoms with van der Waals surface area (Å²) in [5.74, 6) is -0.775. The lowest BCUT2D eigenvalue weighted by molar-refractivity contribution is 0.102. The van der Waals surface area contributed by atoms with E-state index in [1.807, 2.05) is 6.07 Å². The van der Waals surface area contributed by atoms with Gasteiger partial charge >= 0.3 is 5.69 Å².